The van der Waals surface area contributed by atoms with Crippen LogP contribution in [0, 0.1) is 0 Å². The second-order valence-electron chi connectivity index (χ2n) is 2.77. The van der Waals surface area contributed by atoms with Crippen LogP contribution in [0.2, 0.25) is 0 Å². The van der Waals surface area contributed by atoms with E-state index >= 15 is 0 Å². The van der Waals surface area contributed by atoms with E-state index in [0.29, 0.717) is 11.2 Å². The molecule has 1 amide bonds. The number of carbonyl (C=O) groups excluding carboxylic acids is 1. The van der Waals surface area contributed by atoms with Gasteiger partial charge in [0, 0.05) is 6.92 Å². The fourth-order valence-electron chi connectivity index (χ4n) is 1.13. The van der Waals surface area contributed by atoms with Crippen molar-refractivity contribution in [2.24, 2.45) is 0 Å². The lowest BCUT2D eigenvalue weighted by Gasteiger charge is -2.03. The van der Waals surface area contributed by atoms with E-state index in [-0.39, 0.29) is 17.2 Å². The predicted octanol–water partition coefficient (Wildman–Crippen LogP) is 0.887. The fourth-order valence-corrected chi connectivity index (χ4v) is 1.13. The first-order valence-corrected chi connectivity index (χ1v) is 3.90. The van der Waals surface area contributed by atoms with Crippen molar-refractivity contribution >= 4 is 22.6 Å². The number of nitrogens with one attached hydrogen (secondary N) is 1. The number of nitrogens with zero attached hydrogens (tertiary/aromatic N) is 2. The largest absolute Gasteiger partial charge is 0.504 e. The van der Waals surface area contributed by atoms with E-state index in [9.17, 15) is 9.90 Å². The number of benzene rings is 1. The van der Waals surface area contributed by atoms with Gasteiger partial charge in [-0.25, -0.2) is 4.63 Å². The molecule has 72 valence electrons. The lowest BCUT2D eigenvalue weighted by atomic mass is 10.2. The van der Waals surface area contributed by atoms with E-state index in [1.54, 1.807) is 6.07 Å². The van der Waals surface area contributed by atoms with Crippen LogP contribution in [-0.4, -0.2) is 21.3 Å². The molecule has 0 atom stereocenters. The van der Waals surface area contributed by atoms with E-state index in [0.717, 1.165) is 0 Å². The Balaban J connectivity index is 2.56. The quantitative estimate of drug-likeness (QED) is 0.656. The predicted molar refractivity (Wildman–Crippen MR) is 47.8 cm³/mol. The van der Waals surface area contributed by atoms with Crippen molar-refractivity contribution in [1.29, 1.82) is 0 Å². The minimum absolute atomic E-state index is 0.140. The van der Waals surface area contributed by atoms with Gasteiger partial charge in [0.1, 0.15) is 5.52 Å². The molecule has 0 aliphatic rings. The highest BCUT2D eigenvalue weighted by molar-refractivity contribution is 5.95. The van der Waals surface area contributed by atoms with Crippen LogP contribution in [0.1, 0.15) is 6.92 Å². The van der Waals surface area contributed by atoms with E-state index in [1.807, 2.05) is 0 Å². The van der Waals surface area contributed by atoms with Gasteiger partial charge in [0.25, 0.3) is 0 Å². The monoisotopic (exact) mass is 193 g/mol. The van der Waals surface area contributed by atoms with Crippen LogP contribution < -0.4 is 5.32 Å². The first-order valence-electron chi connectivity index (χ1n) is 3.90. The van der Waals surface area contributed by atoms with Crippen LogP contribution in [0.5, 0.6) is 5.75 Å². The van der Waals surface area contributed by atoms with Gasteiger partial charge in [-0.1, -0.05) is 0 Å². The molecule has 0 radical (unpaired) electrons. The number of rotatable bonds is 1. The number of aromatic nitrogens is 2. The van der Waals surface area contributed by atoms with Crippen molar-refractivity contribution < 1.29 is 14.5 Å². The minimum atomic E-state index is -0.267. The number of hydrogen-bond donors (Lipinski definition) is 2. The van der Waals surface area contributed by atoms with Crippen LogP contribution in [0.4, 0.5) is 5.69 Å². The molecule has 2 rings (SSSR count). The van der Waals surface area contributed by atoms with Crippen molar-refractivity contribution in [1.82, 2.24) is 10.3 Å². The molecule has 0 saturated carbocycles. The second kappa shape index (κ2) is 2.99. The van der Waals surface area contributed by atoms with Crippen molar-refractivity contribution in [3.05, 3.63) is 12.1 Å². The molecular formula is C8H7N3O3. The molecule has 0 aliphatic carbocycles. The third kappa shape index (κ3) is 1.26. The molecule has 0 unspecified atom stereocenters. The Morgan fingerprint density at radius 2 is 2.29 bits per heavy atom. The Bertz CT molecular complexity index is 492. The van der Waals surface area contributed by atoms with Gasteiger partial charge in [-0.05, 0) is 22.4 Å². The fraction of sp³-hybridized carbons (Fsp3) is 0.125. The van der Waals surface area contributed by atoms with E-state index < -0.39 is 0 Å². The molecule has 1 aromatic carbocycles. The van der Waals surface area contributed by atoms with Crippen LogP contribution >= 0.6 is 0 Å². The highest BCUT2D eigenvalue weighted by Crippen LogP contribution is 2.30. The summed E-state index contributed by atoms with van der Waals surface area (Å²) < 4.78 is 4.43. The first-order chi connectivity index (χ1) is 6.68. The van der Waals surface area contributed by atoms with Crippen LogP contribution in [-0.2, 0) is 4.79 Å². The Kier molecular flexibility index (Phi) is 1.81. The van der Waals surface area contributed by atoms with Crippen molar-refractivity contribution in [3.8, 4) is 5.75 Å². The third-order valence-corrected chi connectivity index (χ3v) is 1.71. The van der Waals surface area contributed by atoms with Gasteiger partial charge in [0.05, 0.1) is 5.69 Å². The highest BCUT2D eigenvalue weighted by atomic mass is 16.6. The normalized spacial score (nSPS) is 10.4. The Hall–Kier alpha value is -2.11. The lowest BCUT2D eigenvalue weighted by molar-refractivity contribution is -0.114. The van der Waals surface area contributed by atoms with E-state index in [1.165, 1.54) is 13.0 Å². The summed E-state index contributed by atoms with van der Waals surface area (Å²) >= 11 is 0. The smallest absolute Gasteiger partial charge is 0.221 e. The van der Waals surface area contributed by atoms with Crippen LogP contribution in [0.15, 0.2) is 16.8 Å². The third-order valence-electron chi connectivity index (χ3n) is 1.71. The van der Waals surface area contributed by atoms with Gasteiger partial charge in [0.15, 0.2) is 11.3 Å². The average molecular weight is 193 g/mol. The molecule has 14 heavy (non-hydrogen) atoms. The summed E-state index contributed by atoms with van der Waals surface area (Å²) in [4.78, 5) is 10.8. The molecule has 1 heterocycles. The maximum absolute atomic E-state index is 10.8. The number of phenols is 1. The molecule has 6 heteroatoms. The number of fused-ring (bicyclic) bond motifs is 1. The van der Waals surface area contributed by atoms with Crippen molar-refractivity contribution in [2.45, 2.75) is 6.92 Å². The van der Waals surface area contributed by atoms with E-state index in [2.05, 4.69) is 20.3 Å². The van der Waals surface area contributed by atoms with Crippen LogP contribution in [0.3, 0.4) is 0 Å². The summed E-state index contributed by atoms with van der Waals surface area (Å²) in [5, 5.41) is 19.1. The Labute approximate surface area is 78.5 Å². The summed E-state index contributed by atoms with van der Waals surface area (Å²) in [7, 11) is 0. The first kappa shape index (κ1) is 8.49. The molecule has 6 nitrogen and oxygen atoms in total. The number of hydrogen-bond acceptors (Lipinski definition) is 5. The Morgan fingerprint density at radius 1 is 1.50 bits per heavy atom. The number of amides is 1. The second-order valence-corrected chi connectivity index (χ2v) is 2.77. The molecule has 0 spiro atoms. The Morgan fingerprint density at radius 3 is 3.00 bits per heavy atom. The molecular weight excluding hydrogens is 186 g/mol. The van der Waals surface area contributed by atoms with Gasteiger partial charge in [-0.3, -0.25) is 4.79 Å². The van der Waals surface area contributed by atoms with Gasteiger partial charge in [0.2, 0.25) is 5.91 Å². The molecule has 0 fully saturated rings. The van der Waals surface area contributed by atoms with Gasteiger partial charge in [-0.2, -0.15) is 0 Å². The average Bonchev–Trinajstić information content (AvgIpc) is 2.57. The molecule has 2 N–H and O–H groups in total. The number of anilines is 1. The maximum Gasteiger partial charge on any atom is 0.221 e. The van der Waals surface area contributed by atoms with Crippen molar-refractivity contribution in [3.63, 3.8) is 0 Å². The molecule has 2 aromatic rings. The topological polar surface area (TPSA) is 88.3 Å². The lowest BCUT2D eigenvalue weighted by Crippen LogP contribution is -2.05. The van der Waals surface area contributed by atoms with Gasteiger partial charge < -0.3 is 10.4 Å². The van der Waals surface area contributed by atoms with Crippen molar-refractivity contribution in [2.75, 3.05) is 5.32 Å². The van der Waals surface area contributed by atoms with Gasteiger partial charge >= 0.3 is 0 Å². The summed E-state index contributed by atoms with van der Waals surface area (Å²) in [5.74, 6) is -0.407. The number of aromatic hydroxyl groups is 1. The number of carbonyl (C=O) groups is 1. The zero-order chi connectivity index (χ0) is 10.1. The minimum Gasteiger partial charge on any atom is -0.504 e. The zero-order valence-corrected chi connectivity index (χ0v) is 7.31. The molecule has 0 saturated heterocycles. The zero-order valence-electron chi connectivity index (χ0n) is 7.31. The summed E-state index contributed by atoms with van der Waals surface area (Å²) in [6.07, 6.45) is 0. The summed E-state index contributed by atoms with van der Waals surface area (Å²) in [6, 6.07) is 3.13. The maximum atomic E-state index is 10.8. The number of phenolic OH excluding ortho intramolecular Hbond substituents is 1. The molecule has 1 aromatic heterocycles. The SMILES string of the molecule is CC(=O)Nc1ccc2nonc2c1O. The molecule has 0 bridgehead atoms. The summed E-state index contributed by atoms with van der Waals surface area (Å²) in [6.45, 7) is 1.35. The summed E-state index contributed by atoms with van der Waals surface area (Å²) in [5.41, 5.74) is 0.966. The highest BCUT2D eigenvalue weighted by Gasteiger charge is 2.11. The molecule has 0 aliphatic heterocycles. The van der Waals surface area contributed by atoms with Crippen LogP contribution in [0.25, 0.3) is 11.0 Å². The van der Waals surface area contributed by atoms with Gasteiger partial charge in [-0.15, -0.1) is 0 Å². The van der Waals surface area contributed by atoms with E-state index in [4.69, 9.17) is 0 Å². The standard InChI is InChI=1S/C8H7N3O3/c1-4(12)9-6-3-2-5-7(8(6)13)11-14-10-5/h2-3,13H,1H3,(H,9,12).